The van der Waals surface area contributed by atoms with Crippen molar-refractivity contribution >= 4 is 5.91 Å². The molecule has 0 aromatic heterocycles. The molecular formula is C9H5F6NO2. The van der Waals surface area contributed by atoms with Crippen LogP contribution in [-0.4, -0.2) is 11.0 Å². The van der Waals surface area contributed by atoms with E-state index in [9.17, 15) is 31.1 Å². The molecule has 3 nitrogen and oxygen atoms in total. The highest BCUT2D eigenvalue weighted by atomic mass is 19.4. The maximum atomic E-state index is 12.6. The number of benzene rings is 1. The van der Waals surface area contributed by atoms with Crippen molar-refractivity contribution in [2.24, 2.45) is 5.73 Å². The summed E-state index contributed by atoms with van der Waals surface area (Å²) in [6, 6.07) is 0.364. The number of hydrogen-bond acceptors (Lipinski definition) is 2. The number of carbonyl (C=O) groups is 1. The van der Waals surface area contributed by atoms with E-state index in [0.717, 1.165) is 0 Å². The number of carbonyl (C=O) groups excluding carboxylic acids is 1. The lowest BCUT2D eigenvalue weighted by atomic mass is 9.98. The molecule has 0 aliphatic heterocycles. The van der Waals surface area contributed by atoms with E-state index in [1.165, 1.54) is 0 Å². The van der Waals surface area contributed by atoms with Crippen LogP contribution in [0.4, 0.5) is 26.3 Å². The van der Waals surface area contributed by atoms with Gasteiger partial charge >= 0.3 is 12.4 Å². The van der Waals surface area contributed by atoms with Crippen molar-refractivity contribution in [1.82, 2.24) is 0 Å². The SMILES string of the molecule is NC(=O)c1c(O)ccc(C(F)(F)F)c1C(F)(F)F. The van der Waals surface area contributed by atoms with Crippen molar-refractivity contribution < 1.29 is 36.2 Å². The first kappa shape index (κ1) is 14.1. The molecular weight excluding hydrogens is 268 g/mol. The van der Waals surface area contributed by atoms with Crippen molar-refractivity contribution in [3.8, 4) is 5.75 Å². The smallest absolute Gasteiger partial charge is 0.417 e. The number of rotatable bonds is 1. The number of nitrogens with two attached hydrogens (primary N) is 1. The van der Waals surface area contributed by atoms with Crippen LogP contribution in [0.3, 0.4) is 0 Å². The van der Waals surface area contributed by atoms with E-state index >= 15 is 0 Å². The molecule has 0 fully saturated rings. The number of hydrogen-bond donors (Lipinski definition) is 2. The number of aromatic hydroxyl groups is 1. The Kier molecular flexibility index (Phi) is 3.20. The molecule has 1 amide bonds. The standard InChI is InChI=1S/C9H5F6NO2/c10-8(11,12)3-1-2-4(17)5(7(16)18)6(3)9(13,14)15/h1-2,17H,(H2,16,18). The van der Waals surface area contributed by atoms with Gasteiger partial charge in [0.15, 0.2) is 0 Å². The fraction of sp³-hybridized carbons (Fsp3) is 0.222. The third kappa shape index (κ3) is 2.49. The molecule has 9 heteroatoms. The molecule has 100 valence electrons. The number of halogens is 6. The van der Waals surface area contributed by atoms with E-state index in [0.29, 0.717) is 6.07 Å². The third-order valence-corrected chi connectivity index (χ3v) is 2.02. The van der Waals surface area contributed by atoms with Gasteiger partial charge in [-0.3, -0.25) is 4.79 Å². The van der Waals surface area contributed by atoms with Crippen molar-refractivity contribution in [2.45, 2.75) is 12.4 Å². The molecule has 1 aromatic carbocycles. The van der Waals surface area contributed by atoms with Gasteiger partial charge < -0.3 is 10.8 Å². The van der Waals surface area contributed by atoms with Gasteiger partial charge in [-0.25, -0.2) is 0 Å². The van der Waals surface area contributed by atoms with Crippen molar-refractivity contribution in [2.75, 3.05) is 0 Å². The lowest BCUT2D eigenvalue weighted by molar-refractivity contribution is -0.162. The van der Waals surface area contributed by atoms with E-state index < -0.39 is 40.7 Å². The molecule has 18 heavy (non-hydrogen) atoms. The second-order valence-electron chi connectivity index (χ2n) is 3.24. The van der Waals surface area contributed by atoms with Gasteiger partial charge in [-0.15, -0.1) is 0 Å². The van der Waals surface area contributed by atoms with E-state index in [1.807, 2.05) is 0 Å². The summed E-state index contributed by atoms with van der Waals surface area (Å²) in [4.78, 5) is 10.8. The Bertz CT molecular complexity index is 491. The molecule has 0 heterocycles. The first-order chi connectivity index (χ1) is 7.96. The first-order valence-electron chi connectivity index (χ1n) is 4.26. The summed E-state index contributed by atoms with van der Waals surface area (Å²) < 4.78 is 74.9. The Morgan fingerprint density at radius 1 is 1.06 bits per heavy atom. The zero-order chi connectivity index (χ0) is 14.3. The molecule has 1 rings (SSSR count). The summed E-state index contributed by atoms with van der Waals surface area (Å²) in [5.74, 6) is -3.06. The van der Waals surface area contributed by atoms with Gasteiger partial charge in [-0.05, 0) is 12.1 Å². The molecule has 0 bridgehead atoms. The van der Waals surface area contributed by atoms with Crippen LogP contribution in [0.25, 0.3) is 0 Å². The van der Waals surface area contributed by atoms with Crippen LogP contribution >= 0.6 is 0 Å². The highest BCUT2D eigenvalue weighted by Gasteiger charge is 2.46. The number of alkyl halides is 6. The fourth-order valence-electron chi connectivity index (χ4n) is 1.37. The quantitative estimate of drug-likeness (QED) is 0.772. The number of amides is 1. The van der Waals surface area contributed by atoms with Gasteiger partial charge in [0.25, 0.3) is 5.91 Å². The summed E-state index contributed by atoms with van der Waals surface area (Å²) in [5, 5.41) is 9.05. The summed E-state index contributed by atoms with van der Waals surface area (Å²) in [5.41, 5.74) is -1.41. The third-order valence-electron chi connectivity index (χ3n) is 2.02. The van der Waals surface area contributed by atoms with Gasteiger partial charge in [0, 0.05) is 0 Å². The van der Waals surface area contributed by atoms with E-state index in [4.69, 9.17) is 5.11 Å². The van der Waals surface area contributed by atoms with E-state index in [2.05, 4.69) is 5.73 Å². The monoisotopic (exact) mass is 273 g/mol. The number of primary amides is 1. The average Bonchev–Trinajstić information content (AvgIpc) is 2.12. The van der Waals surface area contributed by atoms with Crippen LogP contribution in [-0.2, 0) is 12.4 Å². The molecule has 0 radical (unpaired) electrons. The van der Waals surface area contributed by atoms with Crippen LogP contribution in [0.5, 0.6) is 5.75 Å². The largest absolute Gasteiger partial charge is 0.507 e. The Hall–Kier alpha value is -1.93. The van der Waals surface area contributed by atoms with Crippen molar-refractivity contribution in [1.29, 1.82) is 0 Å². The predicted molar refractivity (Wildman–Crippen MR) is 46.6 cm³/mol. The summed E-state index contributed by atoms with van der Waals surface area (Å²) in [6.45, 7) is 0. The van der Waals surface area contributed by atoms with Crippen molar-refractivity contribution in [3.05, 3.63) is 28.8 Å². The molecule has 0 unspecified atom stereocenters. The zero-order valence-corrected chi connectivity index (χ0v) is 8.36. The van der Waals surface area contributed by atoms with Gasteiger partial charge in [0.2, 0.25) is 0 Å². The molecule has 0 aliphatic carbocycles. The topological polar surface area (TPSA) is 63.3 Å². The Morgan fingerprint density at radius 2 is 1.56 bits per heavy atom. The first-order valence-corrected chi connectivity index (χ1v) is 4.26. The normalized spacial score (nSPS) is 12.6. The molecule has 0 saturated heterocycles. The highest BCUT2D eigenvalue weighted by molar-refractivity contribution is 5.97. The van der Waals surface area contributed by atoms with Gasteiger partial charge in [-0.2, -0.15) is 26.3 Å². The molecule has 3 N–H and O–H groups in total. The highest BCUT2D eigenvalue weighted by Crippen LogP contribution is 2.44. The van der Waals surface area contributed by atoms with Gasteiger partial charge in [0.05, 0.1) is 16.7 Å². The Balaban J connectivity index is 3.78. The minimum atomic E-state index is -5.48. The van der Waals surface area contributed by atoms with E-state index in [-0.39, 0.29) is 6.07 Å². The molecule has 0 saturated carbocycles. The molecule has 0 atom stereocenters. The second kappa shape index (κ2) is 4.07. The maximum absolute atomic E-state index is 12.6. The average molecular weight is 273 g/mol. The summed E-state index contributed by atoms with van der Waals surface area (Å²) in [6.07, 6.45) is -10.8. The zero-order valence-electron chi connectivity index (χ0n) is 8.36. The van der Waals surface area contributed by atoms with Crippen molar-refractivity contribution in [3.63, 3.8) is 0 Å². The fourth-order valence-corrected chi connectivity index (χ4v) is 1.37. The van der Waals surface area contributed by atoms with Crippen LogP contribution in [0, 0.1) is 0 Å². The van der Waals surface area contributed by atoms with Crippen LogP contribution in [0.1, 0.15) is 21.5 Å². The minimum Gasteiger partial charge on any atom is -0.507 e. The lowest BCUT2D eigenvalue weighted by Crippen LogP contribution is -2.24. The predicted octanol–water partition coefficient (Wildman–Crippen LogP) is 2.53. The Labute approximate surface area is 95.8 Å². The van der Waals surface area contributed by atoms with Gasteiger partial charge in [0.1, 0.15) is 5.75 Å². The summed E-state index contributed by atoms with van der Waals surface area (Å²) >= 11 is 0. The number of phenols is 1. The van der Waals surface area contributed by atoms with Gasteiger partial charge in [-0.1, -0.05) is 0 Å². The van der Waals surface area contributed by atoms with Crippen LogP contribution in [0.2, 0.25) is 0 Å². The van der Waals surface area contributed by atoms with Crippen LogP contribution < -0.4 is 5.73 Å². The molecule has 1 aromatic rings. The van der Waals surface area contributed by atoms with E-state index in [1.54, 1.807) is 0 Å². The lowest BCUT2D eigenvalue weighted by Gasteiger charge is -2.18. The maximum Gasteiger partial charge on any atom is 0.417 e. The van der Waals surface area contributed by atoms with Crippen LogP contribution in [0.15, 0.2) is 12.1 Å². The molecule has 0 aliphatic rings. The summed E-state index contributed by atoms with van der Waals surface area (Å²) in [7, 11) is 0. The minimum absolute atomic E-state index is 0.0323. The second-order valence-corrected chi connectivity index (χ2v) is 3.24. The Morgan fingerprint density at radius 3 is 1.89 bits per heavy atom. The molecule has 0 spiro atoms.